The number of nitrogens with two attached hydrogens (primary N) is 1. The molecule has 0 aromatic carbocycles. The van der Waals surface area contributed by atoms with Gasteiger partial charge >= 0.3 is 0 Å². The van der Waals surface area contributed by atoms with Crippen LogP contribution in [0.5, 0.6) is 0 Å². The number of amides is 2. The standard InChI is InChI=1S/C10H20N2O4/c1-7(13)5-12(6-8(2)14)10(16)4-3-9(11)15/h7-8,13-14H,3-6H2,1-2H3,(H2,11,15). The Kier molecular flexibility index (Phi) is 6.67. The molecular formula is C10H20N2O4. The molecule has 2 amide bonds. The van der Waals surface area contributed by atoms with E-state index in [4.69, 9.17) is 5.73 Å². The van der Waals surface area contributed by atoms with Crippen molar-refractivity contribution in [3.05, 3.63) is 0 Å². The lowest BCUT2D eigenvalue weighted by molar-refractivity contribution is -0.135. The fourth-order valence-corrected chi connectivity index (χ4v) is 1.30. The Bertz CT molecular complexity index is 231. The van der Waals surface area contributed by atoms with Crippen molar-refractivity contribution in [2.75, 3.05) is 13.1 Å². The molecule has 0 saturated carbocycles. The number of hydrogen-bond donors (Lipinski definition) is 3. The minimum absolute atomic E-state index is 0.00870. The smallest absolute Gasteiger partial charge is 0.223 e. The van der Waals surface area contributed by atoms with E-state index in [0.29, 0.717) is 0 Å². The quantitative estimate of drug-likeness (QED) is 0.515. The van der Waals surface area contributed by atoms with Crippen LogP contribution in [0.4, 0.5) is 0 Å². The first-order chi connectivity index (χ1) is 7.32. The summed E-state index contributed by atoms with van der Waals surface area (Å²) in [6.45, 7) is 3.39. The third-order valence-corrected chi connectivity index (χ3v) is 1.91. The van der Waals surface area contributed by atoms with Gasteiger partial charge in [0.25, 0.3) is 0 Å². The van der Waals surface area contributed by atoms with Crippen LogP contribution in [0.2, 0.25) is 0 Å². The Morgan fingerprint density at radius 3 is 1.88 bits per heavy atom. The third kappa shape index (κ3) is 7.19. The second-order valence-electron chi connectivity index (χ2n) is 3.96. The highest BCUT2D eigenvalue weighted by molar-refractivity contribution is 5.82. The zero-order chi connectivity index (χ0) is 12.7. The minimum Gasteiger partial charge on any atom is -0.392 e. The molecule has 0 aliphatic rings. The molecule has 0 aliphatic carbocycles. The molecule has 0 aliphatic heterocycles. The fourth-order valence-electron chi connectivity index (χ4n) is 1.30. The SMILES string of the molecule is CC(O)CN(CC(C)O)C(=O)CCC(N)=O. The molecule has 16 heavy (non-hydrogen) atoms. The summed E-state index contributed by atoms with van der Waals surface area (Å²) in [7, 11) is 0. The zero-order valence-electron chi connectivity index (χ0n) is 9.72. The van der Waals surface area contributed by atoms with Crippen molar-refractivity contribution < 1.29 is 19.8 Å². The van der Waals surface area contributed by atoms with Gasteiger partial charge in [-0.15, -0.1) is 0 Å². The van der Waals surface area contributed by atoms with Gasteiger partial charge in [-0.1, -0.05) is 0 Å². The van der Waals surface area contributed by atoms with Gasteiger partial charge in [-0.3, -0.25) is 9.59 Å². The molecular weight excluding hydrogens is 212 g/mol. The lowest BCUT2D eigenvalue weighted by Gasteiger charge is -2.25. The van der Waals surface area contributed by atoms with Crippen LogP contribution >= 0.6 is 0 Å². The molecule has 2 atom stereocenters. The van der Waals surface area contributed by atoms with Gasteiger partial charge in [-0.25, -0.2) is 0 Å². The number of rotatable bonds is 7. The van der Waals surface area contributed by atoms with Crippen LogP contribution in [0.15, 0.2) is 0 Å². The molecule has 0 bridgehead atoms. The maximum atomic E-state index is 11.6. The Balaban J connectivity index is 4.25. The minimum atomic E-state index is -0.670. The summed E-state index contributed by atoms with van der Waals surface area (Å²) < 4.78 is 0. The number of hydrogen-bond acceptors (Lipinski definition) is 4. The van der Waals surface area contributed by atoms with E-state index in [1.807, 2.05) is 0 Å². The summed E-state index contributed by atoms with van der Waals surface area (Å²) in [6.07, 6.45) is -1.35. The molecule has 6 nitrogen and oxygen atoms in total. The van der Waals surface area contributed by atoms with E-state index in [1.54, 1.807) is 13.8 Å². The number of nitrogens with zero attached hydrogens (tertiary/aromatic N) is 1. The number of aliphatic hydroxyl groups is 2. The van der Waals surface area contributed by atoms with Crippen LogP contribution in [0.25, 0.3) is 0 Å². The van der Waals surface area contributed by atoms with Gasteiger partial charge in [-0.05, 0) is 13.8 Å². The Morgan fingerprint density at radius 1 is 1.12 bits per heavy atom. The fraction of sp³-hybridized carbons (Fsp3) is 0.800. The lowest BCUT2D eigenvalue weighted by atomic mass is 10.2. The van der Waals surface area contributed by atoms with Gasteiger partial charge in [0.05, 0.1) is 12.2 Å². The van der Waals surface area contributed by atoms with Gasteiger partial charge in [0, 0.05) is 25.9 Å². The number of carbonyl (C=O) groups excluding carboxylic acids is 2. The average Bonchev–Trinajstić information content (AvgIpc) is 2.11. The predicted molar refractivity (Wildman–Crippen MR) is 58.4 cm³/mol. The number of aliphatic hydroxyl groups excluding tert-OH is 2. The highest BCUT2D eigenvalue weighted by Gasteiger charge is 2.17. The molecule has 0 heterocycles. The Morgan fingerprint density at radius 2 is 1.56 bits per heavy atom. The molecule has 6 heteroatoms. The maximum Gasteiger partial charge on any atom is 0.223 e. The molecule has 0 aromatic rings. The van der Waals surface area contributed by atoms with E-state index in [0.717, 1.165) is 0 Å². The predicted octanol–water partition coefficient (Wildman–Crippen LogP) is -1.16. The summed E-state index contributed by atoms with van der Waals surface area (Å²) in [5.74, 6) is -0.831. The van der Waals surface area contributed by atoms with Crippen LogP contribution in [-0.2, 0) is 9.59 Å². The van der Waals surface area contributed by atoms with Gasteiger partial charge in [0.15, 0.2) is 0 Å². The van der Waals surface area contributed by atoms with E-state index in [1.165, 1.54) is 4.90 Å². The van der Waals surface area contributed by atoms with Crippen LogP contribution in [0, 0.1) is 0 Å². The van der Waals surface area contributed by atoms with E-state index < -0.39 is 18.1 Å². The summed E-state index contributed by atoms with van der Waals surface area (Å²) >= 11 is 0. The van der Waals surface area contributed by atoms with Crippen molar-refractivity contribution in [2.45, 2.75) is 38.9 Å². The molecule has 0 spiro atoms. The van der Waals surface area contributed by atoms with Crippen molar-refractivity contribution in [1.29, 1.82) is 0 Å². The largest absolute Gasteiger partial charge is 0.392 e. The van der Waals surface area contributed by atoms with E-state index in [2.05, 4.69) is 0 Å². The highest BCUT2D eigenvalue weighted by atomic mass is 16.3. The first-order valence-corrected chi connectivity index (χ1v) is 5.25. The Hall–Kier alpha value is -1.14. The molecule has 0 radical (unpaired) electrons. The van der Waals surface area contributed by atoms with Crippen molar-refractivity contribution in [2.24, 2.45) is 5.73 Å². The molecule has 4 N–H and O–H groups in total. The van der Waals surface area contributed by atoms with Crippen molar-refractivity contribution >= 4 is 11.8 Å². The maximum absolute atomic E-state index is 11.6. The van der Waals surface area contributed by atoms with Crippen LogP contribution in [-0.4, -0.2) is 52.2 Å². The number of primary amides is 1. The van der Waals surface area contributed by atoms with Crippen LogP contribution < -0.4 is 5.73 Å². The van der Waals surface area contributed by atoms with E-state index in [-0.39, 0.29) is 31.8 Å². The molecule has 2 unspecified atom stereocenters. The zero-order valence-corrected chi connectivity index (χ0v) is 9.72. The molecule has 94 valence electrons. The van der Waals surface area contributed by atoms with Crippen molar-refractivity contribution in [3.8, 4) is 0 Å². The normalized spacial score (nSPS) is 14.2. The summed E-state index contributed by atoms with van der Waals surface area (Å²) in [5.41, 5.74) is 4.93. The van der Waals surface area contributed by atoms with E-state index in [9.17, 15) is 19.8 Å². The molecule has 0 saturated heterocycles. The number of carbonyl (C=O) groups is 2. The molecule has 0 aromatic heterocycles. The van der Waals surface area contributed by atoms with Crippen LogP contribution in [0.1, 0.15) is 26.7 Å². The third-order valence-electron chi connectivity index (χ3n) is 1.91. The lowest BCUT2D eigenvalue weighted by Crippen LogP contribution is -2.41. The first-order valence-electron chi connectivity index (χ1n) is 5.25. The van der Waals surface area contributed by atoms with Gasteiger partial charge in [0.2, 0.25) is 11.8 Å². The van der Waals surface area contributed by atoms with Gasteiger partial charge in [-0.2, -0.15) is 0 Å². The highest BCUT2D eigenvalue weighted by Crippen LogP contribution is 2.01. The van der Waals surface area contributed by atoms with Crippen molar-refractivity contribution in [3.63, 3.8) is 0 Å². The molecule has 0 rings (SSSR count). The first kappa shape index (κ1) is 14.9. The topological polar surface area (TPSA) is 104 Å². The Labute approximate surface area is 95.0 Å². The summed E-state index contributed by atoms with van der Waals surface area (Å²) in [4.78, 5) is 23.5. The van der Waals surface area contributed by atoms with Gasteiger partial charge < -0.3 is 20.8 Å². The molecule has 0 fully saturated rings. The van der Waals surface area contributed by atoms with E-state index >= 15 is 0 Å². The van der Waals surface area contributed by atoms with Crippen LogP contribution in [0.3, 0.4) is 0 Å². The average molecular weight is 232 g/mol. The van der Waals surface area contributed by atoms with Crippen molar-refractivity contribution in [1.82, 2.24) is 4.90 Å². The monoisotopic (exact) mass is 232 g/mol. The summed E-state index contributed by atoms with van der Waals surface area (Å²) in [6, 6.07) is 0. The second kappa shape index (κ2) is 7.19. The second-order valence-corrected chi connectivity index (χ2v) is 3.96. The van der Waals surface area contributed by atoms with Gasteiger partial charge in [0.1, 0.15) is 0 Å². The summed E-state index contributed by atoms with van der Waals surface area (Å²) in [5, 5.41) is 18.4.